The van der Waals surface area contributed by atoms with Crippen LogP contribution in [-0.4, -0.2) is 23.8 Å². The molecule has 0 bridgehead atoms. The molecule has 0 aliphatic rings. The van der Waals surface area contributed by atoms with Gasteiger partial charge in [-0.05, 0) is 22.0 Å². The third-order valence-electron chi connectivity index (χ3n) is 1.45. The van der Waals surface area contributed by atoms with Gasteiger partial charge in [0.25, 0.3) is 0 Å². The molecule has 1 aromatic heterocycles. The first-order chi connectivity index (χ1) is 7.54. The number of halogens is 1. The first-order valence-electron chi connectivity index (χ1n) is 4.12. The fourth-order valence-corrected chi connectivity index (χ4v) is 2.32. The molecule has 0 saturated carbocycles. The highest BCUT2D eigenvalue weighted by molar-refractivity contribution is 9.10. The summed E-state index contributed by atoms with van der Waals surface area (Å²) >= 11 is 4.08. The summed E-state index contributed by atoms with van der Waals surface area (Å²) in [4.78, 5) is 21.9. The Hall–Kier alpha value is -1.34. The molecular formula is C9H8BrNO4S. The van der Waals surface area contributed by atoms with Crippen molar-refractivity contribution in [3.63, 3.8) is 0 Å². The Morgan fingerprint density at radius 3 is 2.88 bits per heavy atom. The normalized spacial score (nSPS) is 9.56. The number of nitrogens with one attached hydrogen (secondary N) is 1. The van der Waals surface area contributed by atoms with Crippen molar-refractivity contribution in [1.29, 1.82) is 0 Å². The lowest BCUT2D eigenvalue weighted by Gasteiger charge is -2.02. The quantitative estimate of drug-likeness (QED) is 0.839. The molecule has 0 radical (unpaired) electrons. The van der Waals surface area contributed by atoms with Crippen molar-refractivity contribution in [2.75, 3.05) is 11.9 Å². The molecule has 0 fully saturated rings. The standard InChI is InChI=1S/C9H8BrNO4S/c1-2-3-15-9(14)11-7-5(10)4-6(16-7)8(12)13/h2,4H,1,3H2,(H,11,14)(H,12,13). The van der Waals surface area contributed by atoms with Gasteiger partial charge in [0.05, 0.1) is 4.47 Å². The number of anilines is 1. The molecule has 2 N–H and O–H groups in total. The molecule has 1 heterocycles. The van der Waals surface area contributed by atoms with E-state index in [1.165, 1.54) is 12.1 Å². The van der Waals surface area contributed by atoms with Crippen LogP contribution >= 0.6 is 27.3 Å². The van der Waals surface area contributed by atoms with Crippen LogP contribution < -0.4 is 5.32 Å². The zero-order chi connectivity index (χ0) is 12.1. The van der Waals surface area contributed by atoms with Crippen molar-refractivity contribution < 1.29 is 19.4 Å². The van der Waals surface area contributed by atoms with Gasteiger partial charge in [0.15, 0.2) is 0 Å². The van der Waals surface area contributed by atoms with Crippen LogP contribution in [0.3, 0.4) is 0 Å². The van der Waals surface area contributed by atoms with Gasteiger partial charge in [0, 0.05) is 0 Å². The zero-order valence-electron chi connectivity index (χ0n) is 8.03. The Morgan fingerprint density at radius 2 is 2.38 bits per heavy atom. The van der Waals surface area contributed by atoms with E-state index in [9.17, 15) is 9.59 Å². The Morgan fingerprint density at radius 1 is 1.69 bits per heavy atom. The Bertz CT molecular complexity index is 429. The van der Waals surface area contributed by atoms with Gasteiger partial charge in [-0.2, -0.15) is 0 Å². The lowest BCUT2D eigenvalue weighted by Crippen LogP contribution is -2.12. The Kier molecular flexibility index (Phi) is 4.51. The second-order valence-corrected chi connectivity index (χ2v) is 4.51. The minimum absolute atomic E-state index is 0.0978. The van der Waals surface area contributed by atoms with E-state index < -0.39 is 12.1 Å². The molecule has 16 heavy (non-hydrogen) atoms. The molecule has 0 saturated heterocycles. The summed E-state index contributed by atoms with van der Waals surface area (Å²) in [6.07, 6.45) is 0.783. The fraction of sp³-hybridized carbons (Fsp3) is 0.111. The van der Waals surface area contributed by atoms with E-state index in [0.29, 0.717) is 9.47 Å². The van der Waals surface area contributed by atoms with Crippen LogP contribution in [0.2, 0.25) is 0 Å². The fourth-order valence-electron chi connectivity index (χ4n) is 0.823. The van der Waals surface area contributed by atoms with Crippen LogP contribution in [0.4, 0.5) is 9.80 Å². The SMILES string of the molecule is C=CCOC(=O)Nc1sc(C(=O)O)cc1Br. The number of ether oxygens (including phenoxy) is 1. The largest absolute Gasteiger partial charge is 0.477 e. The summed E-state index contributed by atoms with van der Waals surface area (Å²) in [5, 5.41) is 11.5. The maximum absolute atomic E-state index is 11.2. The summed E-state index contributed by atoms with van der Waals surface area (Å²) in [7, 11) is 0. The highest BCUT2D eigenvalue weighted by Crippen LogP contribution is 2.32. The summed E-state index contributed by atoms with van der Waals surface area (Å²) in [5.74, 6) is -1.04. The van der Waals surface area contributed by atoms with Gasteiger partial charge in [-0.15, -0.1) is 11.3 Å². The van der Waals surface area contributed by atoms with E-state index in [0.717, 1.165) is 11.3 Å². The number of thiophene rings is 1. The number of carboxylic acid groups (broad SMARTS) is 1. The van der Waals surface area contributed by atoms with Crippen molar-refractivity contribution in [2.24, 2.45) is 0 Å². The minimum Gasteiger partial charge on any atom is -0.477 e. The monoisotopic (exact) mass is 305 g/mol. The number of hydrogen-bond donors (Lipinski definition) is 2. The van der Waals surface area contributed by atoms with E-state index in [4.69, 9.17) is 9.84 Å². The molecule has 0 unspecified atom stereocenters. The Balaban J connectivity index is 2.70. The molecule has 7 heteroatoms. The van der Waals surface area contributed by atoms with Crippen LogP contribution in [0.25, 0.3) is 0 Å². The molecule has 0 aliphatic carbocycles. The first-order valence-corrected chi connectivity index (χ1v) is 5.73. The van der Waals surface area contributed by atoms with Gasteiger partial charge in [-0.25, -0.2) is 9.59 Å². The van der Waals surface area contributed by atoms with Gasteiger partial charge in [0.2, 0.25) is 0 Å². The predicted molar refractivity (Wildman–Crippen MR) is 64.1 cm³/mol. The number of aromatic carboxylic acids is 1. The van der Waals surface area contributed by atoms with Crippen LogP contribution in [0, 0.1) is 0 Å². The smallest absolute Gasteiger partial charge is 0.412 e. The maximum Gasteiger partial charge on any atom is 0.412 e. The van der Waals surface area contributed by atoms with Crippen LogP contribution in [0.1, 0.15) is 9.67 Å². The topological polar surface area (TPSA) is 75.6 Å². The molecule has 1 amide bonds. The highest BCUT2D eigenvalue weighted by Gasteiger charge is 2.14. The molecule has 0 spiro atoms. The number of amides is 1. The molecule has 1 aromatic rings. The third kappa shape index (κ3) is 3.35. The second kappa shape index (κ2) is 5.66. The number of rotatable bonds is 4. The van der Waals surface area contributed by atoms with Crippen LogP contribution in [-0.2, 0) is 4.74 Å². The molecule has 0 aromatic carbocycles. The van der Waals surface area contributed by atoms with Gasteiger partial charge >= 0.3 is 12.1 Å². The summed E-state index contributed by atoms with van der Waals surface area (Å²) < 4.78 is 5.20. The summed E-state index contributed by atoms with van der Waals surface area (Å²) in [5.41, 5.74) is 0. The van der Waals surface area contributed by atoms with Crippen molar-refractivity contribution in [3.8, 4) is 0 Å². The van der Waals surface area contributed by atoms with Gasteiger partial charge in [-0.1, -0.05) is 12.7 Å². The van der Waals surface area contributed by atoms with Gasteiger partial charge in [0.1, 0.15) is 16.5 Å². The van der Waals surface area contributed by atoms with Gasteiger partial charge < -0.3 is 9.84 Å². The lowest BCUT2D eigenvalue weighted by molar-refractivity contribution is 0.0702. The van der Waals surface area contributed by atoms with Crippen molar-refractivity contribution in [3.05, 3.63) is 28.1 Å². The summed E-state index contributed by atoms with van der Waals surface area (Å²) in [6, 6.07) is 1.41. The van der Waals surface area contributed by atoms with Crippen molar-refractivity contribution >= 4 is 44.3 Å². The maximum atomic E-state index is 11.2. The van der Waals surface area contributed by atoms with E-state index in [2.05, 4.69) is 27.8 Å². The number of carboxylic acids is 1. The van der Waals surface area contributed by atoms with E-state index in [1.807, 2.05) is 0 Å². The van der Waals surface area contributed by atoms with E-state index in [1.54, 1.807) is 0 Å². The molecular weight excluding hydrogens is 298 g/mol. The van der Waals surface area contributed by atoms with Crippen LogP contribution in [0.15, 0.2) is 23.2 Å². The third-order valence-corrected chi connectivity index (χ3v) is 3.37. The number of carbonyl (C=O) groups is 2. The average Bonchev–Trinajstić information content (AvgIpc) is 2.57. The molecule has 5 nitrogen and oxygen atoms in total. The Labute approximate surface area is 104 Å². The second-order valence-electron chi connectivity index (χ2n) is 2.61. The number of hydrogen-bond acceptors (Lipinski definition) is 4. The van der Waals surface area contributed by atoms with E-state index >= 15 is 0 Å². The zero-order valence-corrected chi connectivity index (χ0v) is 10.4. The van der Waals surface area contributed by atoms with Crippen molar-refractivity contribution in [1.82, 2.24) is 0 Å². The molecule has 0 atom stereocenters. The first kappa shape index (κ1) is 12.7. The number of carbonyl (C=O) groups excluding carboxylic acids is 1. The molecule has 1 rings (SSSR count). The lowest BCUT2D eigenvalue weighted by atomic mass is 10.5. The average molecular weight is 306 g/mol. The summed E-state index contributed by atoms with van der Waals surface area (Å²) in [6.45, 7) is 3.49. The van der Waals surface area contributed by atoms with Crippen molar-refractivity contribution in [2.45, 2.75) is 0 Å². The molecule has 0 aliphatic heterocycles. The van der Waals surface area contributed by atoms with Crippen LogP contribution in [0.5, 0.6) is 0 Å². The highest BCUT2D eigenvalue weighted by atomic mass is 79.9. The molecule has 86 valence electrons. The van der Waals surface area contributed by atoms with Gasteiger partial charge in [-0.3, -0.25) is 5.32 Å². The predicted octanol–water partition coefficient (Wildman–Crippen LogP) is 2.94. The van der Waals surface area contributed by atoms with E-state index in [-0.39, 0.29) is 11.5 Å². The minimum atomic E-state index is -1.04.